The molecule has 3 heteroatoms. The van der Waals surface area contributed by atoms with Crippen LogP contribution in [0.4, 0.5) is 0 Å². The van der Waals surface area contributed by atoms with E-state index >= 15 is 0 Å². The van der Waals surface area contributed by atoms with Gasteiger partial charge in [-0.2, -0.15) is 0 Å². The predicted octanol–water partition coefficient (Wildman–Crippen LogP) is 5.48. The molecule has 0 bridgehead atoms. The molecule has 128 valence electrons. The molecule has 0 aromatic heterocycles. The molecule has 0 saturated heterocycles. The molecule has 0 spiro atoms. The molecule has 4 aromatic carbocycles. The molecule has 4 rings (SSSR count). The van der Waals surface area contributed by atoms with Crippen molar-refractivity contribution in [3.8, 4) is 11.1 Å². The van der Waals surface area contributed by atoms with Crippen molar-refractivity contribution in [3.05, 3.63) is 103 Å². The van der Waals surface area contributed by atoms with Crippen LogP contribution < -0.4 is 0 Å². The van der Waals surface area contributed by atoms with Crippen LogP contribution in [0.15, 0.2) is 102 Å². The molecule has 0 unspecified atom stereocenters. The highest BCUT2D eigenvalue weighted by molar-refractivity contribution is 7.90. The lowest BCUT2D eigenvalue weighted by Gasteiger charge is -2.13. The van der Waals surface area contributed by atoms with Gasteiger partial charge in [-0.15, -0.1) is 0 Å². The average molecular weight is 358 g/mol. The molecule has 0 N–H and O–H groups in total. The van der Waals surface area contributed by atoms with Gasteiger partial charge in [0, 0.05) is 0 Å². The van der Waals surface area contributed by atoms with Crippen LogP contribution in [0.5, 0.6) is 0 Å². The maximum absolute atomic E-state index is 12.9. The van der Waals surface area contributed by atoms with E-state index in [0.29, 0.717) is 4.90 Å². The number of hydrogen-bond donors (Lipinski definition) is 0. The van der Waals surface area contributed by atoms with Gasteiger partial charge < -0.3 is 0 Å². The van der Waals surface area contributed by atoms with E-state index in [0.717, 1.165) is 27.5 Å². The minimum absolute atomic E-state index is 0.0218. The summed E-state index contributed by atoms with van der Waals surface area (Å²) < 4.78 is 25.8. The van der Waals surface area contributed by atoms with Crippen molar-refractivity contribution >= 4 is 20.6 Å². The van der Waals surface area contributed by atoms with Gasteiger partial charge in [-0.25, -0.2) is 8.42 Å². The Bertz CT molecular complexity index is 1150. The highest BCUT2D eigenvalue weighted by Crippen LogP contribution is 2.31. The Hall–Kier alpha value is -2.91. The van der Waals surface area contributed by atoms with Crippen LogP contribution in [0, 0.1) is 0 Å². The Labute approximate surface area is 153 Å². The van der Waals surface area contributed by atoms with Crippen LogP contribution in [0.3, 0.4) is 0 Å². The summed E-state index contributed by atoms with van der Waals surface area (Å²) in [7, 11) is -3.41. The predicted molar refractivity (Wildman–Crippen MR) is 107 cm³/mol. The third-order valence-electron chi connectivity index (χ3n) is 4.50. The van der Waals surface area contributed by atoms with Gasteiger partial charge in [0.1, 0.15) is 0 Å². The molecule has 26 heavy (non-hydrogen) atoms. The standard InChI is InChI=1S/C23H18O2S/c24-26(25,22-13-5-2-6-14-22)17-21-15-19-11-7-8-12-20(19)16-23(21)18-9-3-1-4-10-18/h1-16H,17H2. The lowest BCUT2D eigenvalue weighted by Crippen LogP contribution is -2.06. The first-order valence-corrected chi connectivity index (χ1v) is 10.1. The topological polar surface area (TPSA) is 34.1 Å². The van der Waals surface area contributed by atoms with Crippen LogP contribution in [-0.2, 0) is 15.6 Å². The van der Waals surface area contributed by atoms with Gasteiger partial charge in [0.25, 0.3) is 0 Å². The van der Waals surface area contributed by atoms with Gasteiger partial charge in [-0.3, -0.25) is 0 Å². The third-order valence-corrected chi connectivity index (χ3v) is 6.19. The van der Waals surface area contributed by atoms with E-state index in [2.05, 4.69) is 12.1 Å². The number of rotatable bonds is 4. The lowest BCUT2D eigenvalue weighted by molar-refractivity contribution is 0.595. The zero-order valence-corrected chi connectivity index (χ0v) is 15.0. The van der Waals surface area contributed by atoms with Gasteiger partial charge in [0.15, 0.2) is 9.84 Å². The van der Waals surface area contributed by atoms with E-state index in [4.69, 9.17) is 0 Å². The third kappa shape index (κ3) is 3.26. The summed E-state index contributed by atoms with van der Waals surface area (Å²) in [6, 6.07) is 30.7. The minimum Gasteiger partial charge on any atom is -0.223 e. The van der Waals surface area contributed by atoms with E-state index in [1.165, 1.54) is 0 Å². The summed E-state index contributed by atoms with van der Waals surface area (Å²) in [5, 5.41) is 2.15. The molecular formula is C23H18O2S. The fourth-order valence-corrected chi connectivity index (χ4v) is 4.60. The monoisotopic (exact) mass is 358 g/mol. The molecule has 0 atom stereocenters. The highest BCUT2D eigenvalue weighted by Gasteiger charge is 2.18. The van der Waals surface area contributed by atoms with Crippen LogP contribution in [0.1, 0.15) is 5.56 Å². The fourth-order valence-electron chi connectivity index (χ4n) is 3.21. The van der Waals surface area contributed by atoms with Crippen LogP contribution in [0.2, 0.25) is 0 Å². The molecule has 0 amide bonds. The fraction of sp³-hybridized carbons (Fsp3) is 0.0435. The van der Waals surface area contributed by atoms with Crippen molar-refractivity contribution < 1.29 is 8.42 Å². The van der Waals surface area contributed by atoms with Crippen LogP contribution >= 0.6 is 0 Å². The first-order valence-electron chi connectivity index (χ1n) is 8.48. The first kappa shape index (κ1) is 16.6. The zero-order chi connectivity index (χ0) is 18.0. The van der Waals surface area contributed by atoms with Gasteiger partial charge in [0.05, 0.1) is 10.6 Å². The number of benzene rings is 4. The summed E-state index contributed by atoms with van der Waals surface area (Å²) in [6.45, 7) is 0. The first-order chi connectivity index (χ1) is 12.6. The second-order valence-electron chi connectivity index (χ2n) is 6.29. The maximum Gasteiger partial charge on any atom is 0.182 e. The van der Waals surface area contributed by atoms with Gasteiger partial charge in [0.2, 0.25) is 0 Å². The normalized spacial score (nSPS) is 11.5. The SMILES string of the molecule is O=S(=O)(Cc1cc2ccccc2cc1-c1ccccc1)c1ccccc1. The molecule has 0 heterocycles. The summed E-state index contributed by atoms with van der Waals surface area (Å²) in [5.41, 5.74) is 2.80. The Morgan fingerprint density at radius 2 is 1.15 bits per heavy atom. The van der Waals surface area contributed by atoms with Crippen molar-refractivity contribution in [1.29, 1.82) is 0 Å². The number of fused-ring (bicyclic) bond motifs is 1. The molecule has 0 radical (unpaired) electrons. The van der Waals surface area contributed by atoms with Crippen LogP contribution in [-0.4, -0.2) is 8.42 Å². The van der Waals surface area contributed by atoms with E-state index in [-0.39, 0.29) is 5.75 Å². The van der Waals surface area contributed by atoms with Gasteiger partial charge in [-0.05, 0) is 51.7 Å². The second-order valence-corrected chi connectivity index (χ2v) is 8.28. The summed E-state index contributed by atoms with van der Waals surface area (Å²) >= 11 is 0. The van der Waals surface area contributed by atoms with Crippen LogP contribution in [0.25, 0.3) is 21.9 Å². The van der Waals surface area contributed by atoms with Gasteiger partial charge in [-0.1, -0.05) is 72.8 Å². The molecule has 0 aliphatic rings. The van der Waals surface area contributed by atoms with E-state index < -0.39 is 9.84 Å². The van der Waals surface area contributed by atoms with Crippen molar-refractivity contribution in [2.24, 2.45) is 0 Å². The lowest BCUT2D eigenvalue weighted by atomic mass is 9.96. The molecule has 0 aliphatic heterocycles. The van der Waals surface area contributed by atoms with Crippen molar-refractivity contribution in [2.75, 3.05) is 0 Å². The molecule has 2 nitrogen and oxygen atoms in total. The van der Waals surface area contributed by atoms with E-state index in [1.54, 1.807) is 24.3 Å². The second kappa shape index (κ2) is 6.77. The largest absolute Gasteiger partial charge is 0.223 e. The minimum atomic E-state index is -3.41. The van der Waals surface area contributed by atoms with Crippen molar-refractivity contribution in [2.45, 2.75) is 10.6 Å². The zero-order valence-electron chi connectivity index (χ0n) is 14.2. The van der Waals surface area contributed by atoms with E-state index in [9.17, 15) is 8.42 Å². The summed E-state index contributed by atoms with van der Waals surface area (Å²) in [6.07, 6.45) is 0. The molecular weight excluding hydrogens is 340 g/mol. The summed E-state index contributed by atoms with van der Waals surface area (Å²) in [4.78, 5) is 0.354. The Morgan fingerprint density at radius 3 is 1.81 bits per heavy atom. The molecule has 0 fully saturated rings. The quantitative estimate of drug-likeness (QED) is 0.484. The summed E-state index contributed by atoms with van der Waals surface area (Å²) in [5.74, 6) is -0.0218. The molecule has 0 saturated carbocycles. The Balaban J connectivity index is 1.88. The molecule has 0 aliphatic carbocycles. The number of sulfone groups is 1. The number of hydrogen-bond acceptors (Lipinski definition) is 2. The maximum atomic E-state index is 12.9. The van der Waals surface area contributed by atoms with Gasteiger partial charge >= 0.3 is 0 Å². The van der Waals surface area contributed by atoms with Crippen molar-refractivity contribution in [3.63, 3.8) is 0 Å². The Kier molecular flexibility index (Phi) is 4.31. The highest BCUT2D eigenvalue weighted by atomic mass is 32.2. The van der Waals surface area contributed by atoms with Crippen molar-refractivity contribution in [1.82, 2.24) is 0 Å². The van der Waals surface area contributed by atoms with E-state index in [1.807, 2.05) is 60.7 Å². The molecule has 4 aromatic rings. The smallest absolute Gasteiger partial charge is 0.182 e. The Morgan fingerprint density at radius 1 is 0.615 bits per heavy atom. The average Bonchev–Trinajstić information content (AvgIpc) is 2.68.